The summed E-state index contributed by atoms with van der Waals surface area (Å²) < 4.78 is 4.45. The summed E-state index contributed by atoms with van der Waals surface area (Å²) in [5, 5.41) is 8.53. The van der Waals surface area contributed by atoms with Crippen molar-refractivity contribution < 1.29 is 24.2 Å². The number of carboxylic acid groups (broad SMARTS) is 1. The van der Waals surface area contributed by atoms with Gasteiger partial charge in [0.25, 0.3) is 0 Å². The minimum Gasteiger partial charge on any atom is -0.481 e. The third kappa shape index (κ3) is 2.55. The minimum atomic E-state index is -1.38. The maximum Gasteiger partial charge on any atom is 0.319 e. The van der Waals surface area contributed by atoms with Crippen LogP contribution in [0.2, 0.25) is 0 Å². The number of esters is 1. The lowest BCUT2D eigenvalue weighted by Crippen LogP contribution is -2.38. The van der Waals surface area contributed by atoms with Crippen LogP contribution in [0.4, 0.5) is 0 Å². The van der Waals surface area contributed by atoms with Gasteiger partial charge in [0.05, 0.1) is 7.11 Å². The molecule has 0 fully saturated rings. The van der Waals surface area contributed by atoms with Gasteiger partial charge in [0.15, 0.2) is 0 Å². The van der Waals surface area contributed by atoms with Crippen LogP contribution in [0.25, 0.3) is 0 Å². The van der Waals surface area contributed by atoms with Crippen molar-refractivity contribution in [3.8, 4) is 0 Å². The molecule has 0 bridgehead atoms. The Labute approximate surface area is 82.1 Å². The molecule has 1 N–H and O–H groups in total. The van der Waals surface area contributed by atoms with Crippen molar-refractivity contribution in [1.29, 1.82) is 0 Å². The van der Waals surface area contributed by atoms with E-state index in [4.69, 9.17) is 5.11 Å². The maximum atomic E-state index is 11.2. The molecular formula is C9H14O5. The zero-order chi connectivity index (χ0) is 11.4. The first-order chi connectivity index (χ1) is 6.38. The molecule has 0 aromatic rings. The fourth-order valence-electron chi connectivity index (χ4n) is 1.06. The van der Waals surface area contributed by atoms with Gasteiger partial charge in [0.2, 0.25) is 0 Å². The first kappa shape index (κ1) is 12.6. The lowest BCUT2D eigenvalue weighted by atomic mass is 9.77. The topological polar surface area (TPSA) is 80.7 Å². The minimum absolute atomic E-state index is 0.246. The molecule has 0 saturated carbocycles. The van der Waals surface area contributed by atoms with Crippen molar-refractivity contribution in [2.45, 2.75) is 20.3 Å². The van der Waals surface area contributed by atoms with Crippen LogP contribution < -0.4 is 0 Å². The van der Waals surface area contributed by atoms with Crippen LogP contribution in [0.5, 0.6) is 0 Å². The number of rotatable bonds is 5. The molecule has 0 rings (SSSR count). The Hall–Kier alpha value is -1.39. The molecule has 0 aliphatic rings. The molecule has 0 spiro atoms. The van der Waals surface area contributed by atoms with Crippen LogP contribution >= 0.6 is 0 Å². The Morgan fingerprint density at radius 3 is 2.36 bits per heavy atom. The summed E-state index contributed by atoms with van der Waals surface area (Å²) in [5.74, 6) is -2.35. The highest BCUT2D eigenvalue weighted by Gasteiger charge is 2.40. The molecular weight excluding hydrogens is 188 g/mol. The maximum absolute atomic E-state index is 11.2. The zero-order valence-corrected chi connectivity index (χ0v) is 8.44. The average molecular weight is 202 g/mol. The number of methoxy groups -OCH3 is 1. The Bertz CT molecular complexity index is 248. The summed E-state index contributed by atoms with van der Waals surface area (Å²) in [4.78, 5) is 32.4. The highest BCUT2D eigenvalue weighted by Crippen LogP contribution is 2.28. The first-order valence-electron chi connectivity index (χ1n) is 4.15. The lowest BCUT2D eigenvalue weighted by molar-refractivity contribution is -0.157. The van der Waals surface area contributed by atoms with Gasteiger partial charge in [-0.15, -0.1) is 0 Å². The van der Waals surface area contributed by atoms with Crippen LogP contribution in [0, 0.1) is 11.3 Å². The SMILES string of the molecule is COC(=O)C(C)(C=O)C(C)CC(=O)O. The van der Waals surface area contributed by atoms with E-state index in [0.29, 0.717) is 6.29 Å². The number of carbonyl (C=O) groups excluding carboxylic acids is 2. The molecule has 2 unspecified atom stereocenters. The predicted molar refractivity (Wildman–Crippen MR) is 47.6 cm³/mol. The van der Waals surface area contributed by atoms with Crippen molar-refractivity contribution in [1.82, 2.24) is 0 Å². The van der Waals surface area contributed by atoms with E-state index in [0.717, 1.165) is 7.11 Å². The fourth-order valence-corrected chi connectivity index (χ4v) is 1.06. The van der Waals surface area contributed by atoms with E-state index in [9.17, 15) is 14.4 Å². The number of hydrogen-bond acceptors (Lipinski definition) is 4. The molecule has 0 aromatic heterocycles. The molecule has 5 nitrogen and oxygen atoms in total. The standard InChI is InChI=1S/C9H14O5/c1-6(4-7(11)12)9(2,5-10)8(13)14-3/h5-6H,4H2,1-3H3,(H,11,12). The molecule has 0 amide bonds. The second kappa shape index (κ2) is 4.74. The monoisotopic (exact) mass is 202 g/mol. The molecule has 2 atom stereocenters. The molecule has 0 heterocycles. The summed E-state index contributed by atoms with van der Waals surface area (Å²) in [6.07, 6.45) is 0.191. The van der Waals surface area contributed by atoms with E-state index in [-0.39, 0.29) is 6.42 Å². The molecule has 0 aromatic carbocycles. The van der Waals surface area contributed by atoms with Gasteiger partial charge in [-0.25, -0.2) is 0 Å². The van der Waals surface area contributed by atoms with Crippen molar-refractivity contribution in [2.75, 3.05) is 7.11 Å². The Morgan fingerprint density at radius 1 is 1.57 bits per heavy atom. The summed E-state index contributed by atoms with van der Waals surface area (Å²) in [5.41, 5.74) is -1.38. The molecule has 80 valence electrons. The van der Waals surface area contributed by atoms with E-state index in [1.807, 2.05) is 0 Å². The Balaban J connectivity index is 4.75. The normalized spacial score (nSPS) is 16.5. The average Bonchev–Trinajstić information content (AvgIpc) is 2.14. The molecule has 5 heteroatoms. The van der Waals surface area contributed by atoms with Crippen molar-refractivity contribution >= 4 is 18.2 Å². The summed E-state index contributed by atoms with van der Waals surface area (Å²) in [6.45, 7) is 2.90. The van der Waals surface area contributed by atoms with E-state index in [2.05, 4.69) is 4.74 Å². The lowest BCUT2D eigenvalue weighted by Gasteiger charge is -2.25. The first-order valence-corrected chi connectivity index (χ1v) is 4.15. The summed E-state index contributed by atoms with van der Waals surface area (Å²) >= 11 is 0. The molecule has 0 aliphatic carbocycles. The van der Waals surface area contributed by atoms with Gasteiger partial charge in [-0.1, -0.05) is 6.92 Å². The Kier molecular flexibility index (Phi) is 4.27. The van der Waals surface area contributed by atoms with Crippen molar-refractivity contribution in [3.05, 3.63) is 0 Å². The number of aldehydes is 1. The second-order valence-electron chi connectivity index (χ2n) is 3.39. The van der Waals surface area contributed by atoms with Gasteiger partial charge in [-0.2, -0.15) is 0 Å². The molecule has 0 aliphatic heterocycles. The van der Waals surface area contributed by atoms with Gasteiger partial charge in [0.1, 0.15) is 11.7 Å². The van der Waals surface area contributed by atoms with Gasteiger partial charge < -0.3 is 14.6 Å². The van der Waals surface area contributed by atoms with Crippen LogP contribution in [0.3, 0.4) is 0 Å². The largest absolute Gasteiger partial charge is 0.481 e. The van der Waals surface area contributed by atoms with Gasteiger partial charge in [-0.05, 0) is 12.8 Å². The van der Waals surface area contributed by atoms with E-state index in [1.54, 1.807) is 0 Å². The van der Waals surface area contributed by atoms with Crippen LogP contribution in [-0.4, -0.2) is 30.4 Å². The number of hydrogen-bond donors (Lipinski definition) is 1. The predicted octanol–water partition coefficient (Wildman–Crippen LogP) is 0.475. The quantitative estimate of drug-likeness (QED) is 0.398. The highest BCUT2D eigenvalue weighted by molar-refractivity contribution is 5.93. The van der Waals surface area contributed by atoms with Gasteiger partial charge >= 0.3 is 11.9 Å². The van der Waals surface area contributed by atoms with E-state index in [1.165, 1.54) is 13.8 Å². The molecule has 14 heavy (non-hydrogen) atoms. The number of carbonyl (C=O) groups is 3. The van der Waals surface area contributed by atoms with Gasteiger partial charge in [0, 0.05) is 6.42 Å². The fraction of sp³-hybridized carbons (Fsp3) is 0.667. The number of aliphatic carboxylic acids is 1. The second-order valence-corrected chi connectivity index (χ2v) is 3.39. The third-order valence-corrected chi connectivity index (χ3v) is 2.37. The van der Waals surface area contributed by atoms with Crippen molar-refractivity contribution in [2.24, 2.45) is 11.3 Å². The van der Waals surface area contributed by atoms with Crippen LogP contribution in [0.15, 0.2) is 0 Å². The summed E-state index contributed by atoms with van der Waals surface area (Å²) in [6, 6.07) is 0. The highest BCUT2D eigenvalue weighted by atomic mass is 16.5. The molecule has 0 radical (unpaired) electrons. The Morgan fingerprint density at radius 2 is 2.07 bits per heavy atom. The van der Waals surface area contributed by atoms with Gasteiger partial charge in [-0.3, -0.25) is 9.59 Å². The van der Waals surface area contributed by atoms with Crippen LogP contribution in [-0.2, 0) is 19.1 Å². The number of carboxylic acids is 1. The van der Waals surface area contributed by atoms with E-state index >= 15 is 0 Å². The zero-order valence-electron chi connectivity index (χ0n) is 8.44. The van der Waals surface area contributed by atoms with Crippen LogP contribution in [0.1, 0.15) is 20.3 Å². The van der Waals surface area contributed by atoms with E-state index < -0.39 is 23.3 Å². The summed E-state index contributed by atoms with van der Waals surface area (Å²) in [7, 11) is 1.16. The number of ether oxygens (including phenoxy) is 1. The molecule has 0 saturated heterocycles. The van der Waals surface area contributed by atoms with Crippen molar-refractivity contribution in [3.63, 3.8) is 0 Å². The smallest absolute Gasteiger partial charge is 0.319 e. The third-order valence-electron chi connectivity index (χ3n) is 2.37.